The molecule has 1 fully saturated rings. The summed E-state index contributed by atoms with van der Waals surface area (Å²) in [6.45, 7) is 6.04. The number of aromatic nitrogens is 2. The molecule has 100 valence electrons. The quantitative estimate of drug-likeness (QED) is 0.756. The summed E-state index contributed by atoms with van der Waals surface area (Å²) in [7, 11) is 0. The highest BCUT2D eigenvalue weighted by Gasteiger charge is 2.20. The van der Waals surface area contributed by atoms with Gasteiger partial charge in [0.1, 0.15) is 6.54 Å². The van der Waals surface area contributed by atoms with E-state index >= 15 is 0 Å². The molecule has 5 heteroatoms. The topological polar surface area (TPSA) is 59.0 Å². The monoisotopic (exact) mass is 250 g/mol. The van der Waals surface area contributed by atoms with E-state index in [2.05, 4.69) is 29.5 Å². The molecule has 5 nitrogen and oxygen atoms in total. The molecule has 1 aliphatic carbocycles. The molecule has 0 aromatic carbocycles. The maximum absolute atomic E-state index is 11.6. The molecule has 1 aromatic rings. The highest BCUT2D eigenvalue weighted by Crippen LogP contribution is 2.18. The summed E-state index contributed by atoms with van der Waals surface area (Å²) >= 11 is 0. The van der Waals surface area contributed by atoms with Crippen LogP contribution in [0.15, 0.2) is 12.5 Å². The predicted octanol–water partition coefficient (Wildman–Crippen LogP) is 0.907. The molecule has 1 saturated carbocycles. The average molecular weight is 250 g/mol. The molecule has 2 rings (SSSR count). The summed E-state index contributed by atoms with van der Waals surface area (Å²) in [5.74, 6) is 0.526. The van der Waals surface area contributed by atoms with Crippen molar-refractivity contribution in [2.24, 2.45) is 5.92 Å². The molecule has 1 amide bonds. The summed E-state index contributed by atoms with van der Waals surface area (Å²) < 4.78 is 1.83. The molecule has 18 heavy (non-hydrogen) atoms. The Bertz CT molecular complexity index is 395. The lowest BCUT2D eigenvalue weighted by atomic mass is 10.2. The van der Waals surface area contributed by atoms with Gasteiger partial charge in [0, 0.05) is 25.3 Å². The van der Waals surface area contributed by atoms with Crippen molar-refractivity contribution in [3.8, 4) is 0 Å². The van der Waals surface area contributed by atoms with Crippen LogP contribution >= 0.6 is 0 Å². The highest BCUT2D eigenvalue weighted by molar-refractivity contribution is 5.75. The van der Waals surface area contributed by atoms with Crippen LogP contribution in [0.2, 0.25) is 0 Å². The van der Waals surface area contributed by atoms with E-state index in [0.717, 1.165) is 18.8 Å². The molecular formula is C13H22N4O. The number of imidazole rings is 1. The van der Waals surface area contributed by atoms with Crippen molar-refractivity contribution >= 4 is 5.91 Å². The Morgan fingerprint density at radius 3 is 3.00 bits per heavy atom. The van der Waals surface area contributed by atoms with Gasteiger partial charge in [-0.05, 0) is 18.8 Å². The van der Waals surface area contributed by atoms with Crippen LogP contribution in [0.1, 0.15) is 32.4 Å². The van der Waals surface area contributed by atoms with Crippen molar-refractivity contribution in [3.63, 3.8) is 0 Å². The molecule has 1 aliphatic rings. The van der Waals surface area contributed by atoms with E-state index in [-0.39, 0.29) is 5.91 Å². The van der Waals surface area contributed by atoms with E-state index in [1.165, 1.54) is 12.8 Å². The molecule has 1 aromatic heterocycles. The first kappa shape index (κ1) is 13.1. The summed E-state index contributed by atoms with van der Waals surface area (Å²) in [6, 6.07) is 0.685. The second-order valence-corrected chi connectivity index (χ2v) is 5.39. The highest BCUT2D eigenvalue weighted by atomic mass is 16.1. The van der Waals surface area contributed by atoms with Gasteiger partial charge in [0.2, 0.25) is 5.91 Å². The number of hydrogen-bond donors (Lipinski definition) is 2. The predicted molar refractivity (Wildman–Crippen MR) is 69.9 cm³/mol. The van der Waals surface area contributed by atoms with Gasteiger partial charge in [0.15, 0.2) is 0 Å². The van der Waals surface area contributed by atoms with Crippen LogP contribution in [0.3, 0.4) is 0 Å². The number of rotatable bonds is 7. The minimum absolute atomic E-state index is 0.0443. The zero-order valence-electron chi connectivity index (χ0n) is 11.1. The number of nitrogens with one attached hydrogen (secondary N) is 2. The Morgan fingerprint density at radius 2 is 2.33 bits per heavy atom. The van der Waals surface area contributed by atoms with Crippen LogP contribution < -0.4 is 10.6 Å². The number of nitrogens with zero attached hydrogens (tertiary/aromatic N) is 2. The molecule has 0 aliphatic heterocycles. The zero-order valence-corrected chi connectivity index (χ0v) is 11.1. The fourth-order valence-corrected chi connectivity index (χ4v) is 1.66. The van der Waals surface area contributed by atoms with Gasteiger partial charge in [-0.1, -0.05) is 13.8 Å². The van der Waals surface area contributed by atoms with Crippen LogP contribution in [-0.4, -0.2) is 28.0 Å². The lowest BCUT2D eigenvalue weighted by Gasteiger charge is -2.07. The smallest absolute Gasteiger partial charge is 0.239 e. The number of carbonyl (C=O) groups excluding carboxylic acids is 1. The third-order valence-electron chi connectivity index (χ3n) is 2.87. The third kappa shape index (κ3) is 4.49. The zero-order chi connectivity index (χ0) is 13.0. The van der Waals surface area contributed by atoms with Gasteiger partial charge >= 0.3 is 0 Å². The van der Waals surface area contributed by atoms with E-state index in [1.54, 1.807) is 6.33 Å². The van der Waals surface area contributed by atoms with Crippen molar-refractivity contribution in [1.82, 2.24) is 20.2 Å². The van der Waals surface area contributed by atoms with Gasteiger partial charge in [-0.3, -0.25) is 4.79 Å². The third-order valence-corrected chi connectivity index (χ3v) is 2.87. The molecule has 0 saturated heterocycles. The first-order chi connectivity index (χ1) is 8.63. The van der Waals surface area contributed by atoms with Crippen LogP contribution in [0, 0.1) is 5.92 Å². The summed E-state index contributed by atoms with van der Waals surface area (Å²) in [5.41, 5.74) is 0.999. The Kier molecular flexibility index (Phi) is 4.36. The lowest BCUT2D eigenvalue weighted by molar-refractivity contribution is -0.121. The van der Waals surface area contributed by atoms with Crippen LogP contribution in [-0.2, 0) is 17.9 Å². The Balaban J connectivity index is 1.72. The van der Waals surface area contributed by atoms with Crippen molar-refractivity contribution in [3.05, 3.63) is 18.2 Å². The largest absolute Gasteiger partial charge is 0.354 e. The van der Waals surface area contributed by atoms with Crippen molar-refractivity contribution < 1.29 is 4.79 Å². The second-order valence-electron chi connectivity index (χ2n) is 5.39. The molecule has 0 bridgehead atoms. The van der Waals surface area contributed by atoms with E-state index in [1.807, 2.05) is 10.8 Å². The molecule has 0 atom stereocenters. The first-order valence-electron chi connectivity index (χ1n) is 6.64. The fraction of sp³-hybridized carbons (Fsp3) is 0.692. The molecule has 0 unspecified atom stereocenters. The molecular weight excluding hydrogens is 228 g/mol. The molecule has 0 spiro atoms. The van der Waals surface area contributed by atoms with Gasteiger partial charge in [0.05, 0.1) is 12.0 Å². The fourth-order valence-electron chi connectivity index (χ4n) is 1.66. The van der Waals surface area contributed by atoms with E-state index in [0.29, 0.717) is 18.5 Å². The standard InChI is InChI=1S/C13H22N4O/c1-10(2)5-15-13(18)8-17-7-12(16-9-17)6-14-11-3-4-11/h7,9-11,14H,3-6,8H2,1-2H3,(H,15,18). The minimum Gasteiger partial charge on any atom is -0.354 e. The summed E-state index contributed by atoms with van der Waals surface area (Å²) in [5, 5.41) is 6.30. The van der Waals surface area contributed by atoms with Gasteiger partial charge in [-0.2, -0.15) is 0 Å². The lowest BCUT2D eigenvalue weighted by Crippen LogP contribution is -2.30. The van der Waals surface area contributed by atoms with Gasteiger partial charge in [-0.25, -0.2) is 4.98 Å². The van der Waals surface area contributed by atoms with E-state index in [4.69, 9.17) is 0 Å². The first-order valence-corrected chi connectivity index (χ1v) is 6.64. The van der Waals surface area contributed by atoms with E-state index in [9.17, 15) is 4.79 Å². The van der Waals surface area contributed by atoms with Crippen molar-refractivity contribution in [2.45, 2.75) is 45.8 Å². The van der Waals surface area contributed by atoms with Crippen LogP contribution in [0.5, 0.6) is 0 Å². The molecule has 1 heterocycles. The maximum Gasteiger partial charge on any atom is 0.239 e. The maximum atomic E-state index is 11.6. The minimum atomic E-state index is 0.0443. The summed E-state index contributed by atoms with van der Waals surface area (Å²) in [6.07, 6.45) is 6.21. The van der Waals surface area contributed by atoms with Crippen molar-refractivity contribution in [1.29, 1.82) is 0 Å². The summed E-state index contributed by atoms with van der Waals surface area (Å²) in [4.78, 5) is 15.9. The van der Waals surface area contributed by atoms with Crippen LogP contribution in [0.25, 0.3) is 0 Å². The van der Waals surface area contributed by atoms with Gasteiger partial charge in [-0.15, -0.1) is 0 Å². The van der Waals surface area contributed by atoms with Gasteiger partial charge < -0.3 is 15.2 Å². The number of amides is 1. The van der Waals surface area contributed by atoms with Crippen molar-refractivity contribution in [2.75, 3.05) is 6.54 Å². The van der Waals surface area contributed by atoms with Crippen LogP contribution in [0.4, 0.5) is 0 Å². The number of carbonyl (C=O) groups is 1. The van der Waals surface area contributed by atoms with E-state index < -0.39 is 0 Å². The Labute approximate surface area is 108 Å². The average Bonchev–Trinajstić information content (AvgIpc) is 3.05. The molecule has 2 N–H and O–H groups in total. The normalized spacial score (nSPS) is 15.1. The molecule has 0 radical (unpaired) electrons. The Hall–Kier alpha value is -1.36. The SMILES string of the molecule is CC(C)CNC(=O)Cn1cnc(CNC2CC2)c1. The Morgan fingerprint density at radius 1 is 1.56 bits per heavy atom. The number of hydrogen-bond acceptors (Lipinski definition) is 3. The van der Waals surface area contributed by atoms with Gasteiger partial charge in [0.25, 0.3) is 0 Å². The second kappa shape index (κ2) is 6.00.